The van der Waals surface area contributed by atoms with Crippen molar-refractivity contribution in [3.05, 3.63) is 108 Å². The summed E-state index contributed by atoms with van der Waals surface area (Å²) < 4.78 is 10.8. The molecule has 0 saturated heterocycles. The van der Waals surface area contributed by atoms with Crippen LogP contribution in [0.4, 0.5) is 11.4 Å². The molecule has 0 unspecified atom stereocenters. The number of amides is 1. The van der Waals surface area contributed by atoms with Crippen LogP contribution in [0.5, 0.6) is 5.75 Å². The summed E-state index contributed by atoms with van der Waals surface area (Å²) in [6.45, 7) is 1.67. The Bertz CT molecular complexity index is 1210. The number of benzene rings is 3. The molecular weight excluding hydrogens is 438 g/mol. The summed E-state index contributed by atoms with van der Waals surface area (Å²) in [5.41, 5.74) is 5.10. The van der Waals surface area contributed by atoms with Gasteiger partial charge < -0.3 is 20.1 Å². The molecule has 3 aromatic carbocycles. The van der Waals surface area contributed by atoms with Crippen molar-refractivity contribution in [3.8, 4) is 16.9 Å². The predicted molar refractivity (Wildman–Crippen MR) is 140 cm³/mol. The SMILES string of the molecule is COCCOc1ccc(-c2ccccc2)c(C(=O)Nc2ccc(NCCc3ccccn3)cc2)c1. The summed E-state index contributed by atoms with van der Waals surface area (Å²) in [6, 6.07) is 29.0. The second-order valence-electron chi connectivity index (χ2n) is 7.94. The highest BCUT2D eigenvalue weighted by atomic mass is 16.5. The summed E-state index contributed by atoms with van der Waals surface area (Å²) in [5, 5.41) is 6.40. The van der Waals surface area contributed by atoms with Crippen LogP contribution in [0, 0.1) is 0 Å². The molecule has 6 heteroatoms. The van der Waals surface area contributed by atoms with Crippen LogP contribution in [0.1, 0.15) is 16.1 Å². The van der Waals surface area contributed by atoms with Crippen LogP contribution < -0.4 is 15.4 Å². The molecule has 0 radical (unpaired) electrons. The number of ether oxygens (including phenoxy) is 2. The van der Waals surface area contributed by atoms with E-state index in [1.165, 1.54) is 0 Å². The molecule has 0 bridgehead atoms. The van der Waals surface area contributed by atoms with Crippen LogP contribution in [0.2, 0.25) is 0 Å². The molecule has 0 saturated carbocycles. The number of carbonyl (C=O) groups is 1. The zero-order valence-electron chi connectivity index (χ0n) is 19.7. The number of aromatic nitrogens is 1. The molecule has 35 heavy (non-hydrogen) atoms. The van der Waals surface area contributed by atoms with E-state index in [-0.39, 0.29) is 5.91 Å². The Morgan fingerprint density at radius 2 is 1.63 bits per heavy atom. The third-order valence-electron chi connectivity index (χ3n) is 5.46. The van der Waals surface area contributed by atoms with Gasteiger partial charge in [0.1, 0.15) is 12.4 Å². The molecule has 4 rings (SSSR count). The Labute approximate surface area is 206 Å². The maximum absolute atomic E-state index is 13.3. The highest BCUT2D eigenvalue weighted by Crippen LogP contribution is 2.28. The maximum Gasteiger partial charge on any atom is 0.256 e. The zero-order valence-corrected chi connectivity index (χ0v) is 19.7. The summed E-state index contributed by atoms with van der Waals surface area (Å²) in [5.74, 6) is 0.427. The Hall–Kier alpha value is -4.16. The van der Waals surface area contributed by atoms with Gasteiger partial charge in [-0.3, -0.25) is 9.78 Å². The lowest BCUT2D eigenvalue weighted by Gasteiger charge is -2.14. The van der Waals surface area contributed by atoms with Crippen molar-refractivity contribution in [2.24, 2.45) is 0 Å². The van der Waals surface area contributed by atoms with E-state index >= 15 is 0 Å². The maximum atomic E-state index is 13.3. The summed E-state index contributed by atoms with van der Waals surface area (Å²) in [6.07, 6.45) is 2.64. The van der Waals surface area contributed by atoms with Crippen LogP contribution in [-0.4, -0.2) is 37.8 Å². The number of pyridine rings is 1. The highest BCUT2D eigenvalue weighted by Gasteiger charge is 2.15. The number of carbonyl (C=O) groups excluding carboxylic acids is 1. The topological polar surface area (TPSA) is 72.5 Å². The summed E-state index contributed by atoms with van der Waals surface area (Å²) in [4.78, 5) is 17.6. The number of nitrogens with zero attached hydrogens (tertiary/aromatic N) is 1. The molecular formula is C29H29N3O3. The number of nitrogens with one attached hydrogen (secondary N) is 2. The fraction of sp³-hybridized carbons (Fsp3) is 0.172. The molecule has 1 heterocycles. The molecule has 0 spiro atoms. The van der Waals surface area contributed by atoms with Gasteiger partial charge in [0.25, 0.3) is 5.91 Å². The van der Waals surface area contributed by atoms with Gasteiger partial charge in [-0.2, -0.15) is 0 Å². The lowest BCUT2D eigenvalue weighted by Crippen LogP contribution is -2.14. The van der Waals surface area contributed by atoms with Crippen LogP contribution in [0.25, 0.3) is 11.1 Å². The predicted octanol–water partition coefficient (Wildman–Crippen LogP) is 5.68. The Kier molecular flexibility index (Phi) is 8.46. The van der Waals surface area contributed by atoms with Gasteiger partial charge in [0.2, 0.25) is 0 Å². The van der Waals surface area contributed by atoms with Crippen molar-refractivity contribution >= 4 is 17.3 Å². The van der Waals surface area contributed by atoms with Gasteiger partial charge in [-0.15, -0.1) is 0 Å². The van der Waals surface area contributed by atoms with E-state index in [1.807, 2.05) is 84.9 Å². The fourth-order valence-electron chi connectivity index (χ4n) is 3.66. The van der Waals surface area contributed by atoms with Crippen LogP contribution in [0.15, 0.2) is 97.2 Å². The minimum absolute atomic E-state index is 0.197. The molecule has 0 atom stereocenters. The minimum Gasteiger partial charge on any atom is -0.491 e. The Morgan fingerprint density at radius 3 is 2.37 bits per heavy atom. The van der Waals surface area contributed by atoms with Crippen LogP contribution in [-0.2, 0) is 11.2 Å². The first kappa shape index (κ1) is 24.0. The normalized spacial score (nSPS) is 10.5. The molecule has 1 aromatic heterocycles. The lowest BCUT2D eigenvalue weighted by molar-refractivity contribution is 0.102. The van der Waals surface area contributed by atoms with Gasteiger partial charge >= 0.3 is 0 Å². The van der Waals surface area contributed by atoms with E-state index in [4.69, 9.17) is 9.47 Å². The van der Waals surface area contributed by atoms with Gasteiger partial charge in [-0.05, 0) is 65.7 Å². The highest BCUT2D eigenvalue weighted by molar-refractivity contribution is 6.09. The standard InChI is InChI=1S/C29H29N3O3/c1-34-19-20-35-26-14-15-27(22-7-3-2-4-8-22)28(21-26)29(33)32-25-12-10-24(11-13-25)31-18-16-23-9-5-6-17-30-23/h2-15,17,21,31H,16,18-20H2,1H3,(H,32,33). The smallest absolute Gasteiger partial charge is 0.256 e. The van der Waals surface area contributed by atoms with E-state index in [9.17, 15) is 4.79 Å². The van der Waals surface area contributed by atoms with E-state index in [2.05, 4.69) is 15.6 Å². The van der Waals surface area contributed by atoms with Gasteiger partial charge in [-0.1, -0.05) is 36.4 Å². The largest absolute Gasteiger partial charge is 0.491 e. The Balaban J connectivity index is 1.44. The molecule has 1 amide bonds. The minimum atomic E-state index is -0.197. The molecule has 4 aromatic rings. The van der Waals surface area contributed by atoms with Crippen LogP contribution in [0.3, 0.4) is 0 Å². The lowest BCUT2D eigenvalue weighted by atomic mass is 9.98. The van der Waals surface area contributed by atoms with E-state index in [0.717, 1.165) is 41.2 Å². The number of hydrogen-bond donors (Lipinski definition) is 2. The zero-order chi connectivity index (χ0) is 24.3. The fourth-order valence-corrected chi connectivity index (χ4v) is 3.66. The van der Waals surface area contributed by atoms with Gasteiger partial charge in [0, 0.05) is 43.3 Å². The summed E-state index contributed by atoms with van der Waals surface area (Å²) in [7, 11) is 1.63. The molecule has 0 aliphatic carbocycles. The monoisotopic (exact) mass is 467 g/mol. The number of rotatable bonds is 11. The first-order valence-electron chi connectivity index (χ1n) is 11.6. The van der Waals surface area contributed by atoms with Crippen molar-refractivity contribution in [2.75, 3.05) is 37.5 Å². The first-order valence-corrected chi connectivity index (χ1v) is 11.6. The second-order valence-corrected chi connectivity index (χ2v) is 7.94. The van der Waals surface area contributed by atoms with Crippen LogP contribution >= 0.6 is 0 Å². The number of methoxy groups -OCH3 is 1. The average Bonchev–Trinajstić information content (AvgIpc) is 2.91. The quantitative estimate of drug-likeness (QED) is 0.278. The van der Waals surface area contributed by atoms with E-state index in [0.29, 0.717) is 24.5 Å². The van der Waals surface area contributed by atoms with Crippen molar-refractivity contribution in [2.45, 2.75) is 6.42 Å². The molecule has 6 nitrogen and oxygen atoms in total. The van der Waals surface area contributed by atoms with Crippen molar-refractivity contribution in [1.29, 1.82) is 0 Å². The third kappa shape index (κ3) is 6.91. The van der Waals surface area contributed by atoms with E-state index < -0.39 is 0 Å². The second kappa shape index (κ2) is 12.3. The molecule has 2 N–H and O–H groups in total. The number of hydrogen-bond acceptors (Lipinski definition) is 5. The first-order chi connectivity index (χ1) is 17.2. The number of anilines is 2. The van der Waals surface area contributed by atoms with Gasteiger partial charge in [0.05, 0.1) is 12.2 Å². The van der Waals surface area contributed by atoms with Gasteiger partial charge in [-0.25, -0.2) is 0 Å². The van der Waals surface area contributed by atoms with Gasteiger partial charge in [0.15, 0.2) is 0 Å². The van der Waals surface area contributed by atoms with E-state index in [1.54, 1.807) is 19.4 Å². The molecule has 0 aliphatic heterocycles. The molecule has 178 valence electrons. The Morgan fingerprint density at radius 1 is 0.857 bits per heavy atom. The van der Waals surface area contributed by atoms with Crippen molar-refractivity contribution < 1.29 is 14.3 Å². The molecule has 0 fully saturated rings. The average molecular weight is 468 g/mol. The van der Waals surface area contributed by atoms with Crippen molar-refractivity contribution in [3.63, 3.8) is 0 Å². The molecule has 0 aliphatic rings. The summed E-state index contributed by atoms with van der Waals surface area (Å²) >= 11 is 0. The van der Waals surface area contributed by atoms with Crippen molar-refractivity contribution in [1.82, 2.24) is 4.98 Å². The third-order valence-corrected chi connectivity index (χ3v) is 5.46.